The number of hydrogen-bond acceptors (Lipinski definition) is 18. The molecule has 0 amide bonds. The largest absolute Gasteiger partial charge is 0.508 e. The molecule has 0 saturated carbocycles. The summed E-state index contributed by atoms with van der Waals surface area (Å²) in [5, 5.41) is 146. The van der Waals surface area contributed by atoms with Crippen LogP contribution in [-0.4, -0.2) is 91.8 Å². The molecule has 0 saturated heterocycles. The Kier molecular flexibility index (Phi) is 8.88. The van der Waals surface area contributed by atoms with Gasteiger partial charge in [0, 0.05) is 64.1 Å². The van der Waals surface area contributed by atoms with Crippen LogP contribution >= 0.6 is 0 Å². The monoisotopic (exact) mass is 878 g/mol. The van der Waals surface area contributed by atoms with E-state index in [1.54, 1.807) is 0 Å². The van der Waals surface area contributed by atoms with Gasteiger partial charge in [0.1, 0.15) is 70.1 Å². The van der Waals surface area contributed by atoms with Crippen LogP contribution in [0.1, 0.15) is 68.6 Å². The van der Waals surface area contributed by atoms with Crippen LogP contribution in [0.5, 0.6) is 86.2 Å². The van der Waals surface area contributed by atoms with Gasteiger partial charge in [0.15, 0.2) is 40.6 Å². The van der Waals surface area contributed by atoms with E-state index in [-0.39, 0.29) is 74.3 Å². The van der Waals surface area contributed by atoms with E-state index in [2.05, 4.69) is 0 Å². The number of fused-ring (bicyclic) bond motifs is 9. The summed E-state index contributed by atoms with van der Waals surface area (Å²) in [4.78, 5) is 0. The third-order valence-corrected chi connectivity index (χ3v) is 12.4. The maximum absolute atomic E-state index is 12.7. The first kappa shape index (κ1) is 40.3. The molecule has 4 aliphatic heterocycles. The van der Waals surface area contributed by atoms with Crippen LogP contribution in [0.2, 0.25) is 0 Å². The van der Waals surface area contributed by atoms with Crippen LogP contribution < -0.4 is 23.7 Å². The predicted octanol–water partition coefficient (Wildman–Crippen LogP) is 4.55. The molecule has 8 unspecified atom stereocenters. The maximum Gasteiger partial charge on any atom is 0.305 e. The molecule has 8 atom stereocenters. The van der Waals surface area contributed by atoms with Crippen molar-refractivity contribution in [2.45, 2.75) is 54.6 Å². The zero-order valence-electron chi connectivity index (χ0n) is 33.1. The number of phenols is 10. The average molecular weight is 879 g/mol. The summed E-state index contributed by atoms with van der Waals surface area (Å²) in [6.45, 7) is 0. The fourth-order valence-corrected chi connectivity index (χ4v) is 9.46. The minimum atomic E-state index is -2.35. The number of aromatic hydroxyl groups is 10. The van der Waals surface area contributed by atoms with Crippen molar-refractivity contribution >= 4 is 0 Å². The molecule has 10 rings (SSSR count). The van der Waals surface area contributed by atoms with E-state index < -0.39 is 105 Å². The summed E-state index contributed by atoms with van der Waals surface area (Å²) >= 11 is 0. The van der Waals surface area contributed by atoms with Crippen LogP contribution in [0.15, 0.2) is 78.9 Å². The van der Waals surface area contributed by atoms with Crippen molar-refractivity contribution in [3.8, 4) is 86.2 Å². The second kappa shape index (κ2) is 14.1. The van der Waals surface area contributed by atoms with Gasteiger partial charge in [-0.2, -0.15) is 0 Å². The van der Waals surface area contributed by atoms with E-state index in [0.29, 0.717) is 5.56 Å². The molecule has 6 aromatic carbocycles. The van der Waals surface area contributed by atoms with Gasteiger partial charge in [0.05, 0.1) is 25.0 Å². The Morgan fingerprint density at radius 3 is 1.84 bits per heavy atom. The van der Waals surface area contributed by atoms with Gasteiger partial charge in [0.2, 0.25) is 0 Å². The van der Waals surface area contributed by atoms with Gasteiger partial charge in [-0.3, -0.25) is 0 Å². The lowest BCUT2D eigenvalue weighted by Gasteiger charge is -2.51. The average Bonchev–Trinajstić information content (AvgIpc) is 3.24. The third kappa shape index (κ3) is 5.76. The molecule has 0 radical (unpaired) electrons. The van der Waals surface area contributed by atoms with E-state index in [4.69, 9.17) is 23.7 Å². The van der Waals surface area contributed by atoms with Crippen molar-refractivity contribution in [2.75, 3.05) is 7.11 Å². The molecule has 2 bridgehead atoms. The van der Waals surface area contributed by atoms with Crippen molar-refractivity contribution in [3.05, 3.63) is 123 Å². The Morgan fingerprint density at radius 2 is 1.16 bits per heavy atom. The summed E-state index contributed by atoms with van der Waals surface area (Å²) in [5.74, 6) is -11.6. The Labute approximate surface area is 360 Å². The van der Waals surface area contributed by atoms with E-state index >= 15 is 0 Å². The first-order valence-corrected chi connectivity index (χ1v) is 19.7. The second-order valence-corrected chi connectivity index (χ2v) is 16.1. The van der Waals surface area contributed by atoms with Crippen LogP contribution in [-0.2, 0) is 12.2 Å². The zero-order valence-corrected chi connectivity index (χ0v) is 33.1. The second-order valence-electron chi connectivity index (χ2n) is 16.1. The molecule has 330 valence electrons. The minimum absolute atomic E-state index is 0.0104. The van der Waals surface area contributed by atoms with Gasteiger partial charge < -0.3 is 90.1 Å². The van der Waals surface area contributed by atoms with Gasteiger partial charge in [-0.25, -0.2) is 0 Å². The molecule has 0 aromatic heterocycles. The highest BCUT2D eigenvalue weighted by Gasteiger charge is 2.61. The third-order valence-electron chi connectivity index (χ3n) is 12.4. The first-order valence-electron chi connectivity index (χ1n) is 19.7. The molecule has 18 nitrogen and oxygen atoms in total. The van der Waals surface area contributed by atoms with Gasteiger partial charge >= 0.3 is 5.79 Å². The first-order chi connectivity index (χ1) is 30.5. The minimum Gasteiger partial charge on any atom is -0.508 e. The van der Waals surface area contributed by atoms with Gasteiger partial charge in [-0.15, -0.1) is 0 Å². The predicted molar refractivity (Wildman–Crippen MR) is 217 cm³/mol. The highest BCUT2D eigenvalue weighted by molar-refractivity contribution is 5.72. The number of aliphatic hydroxyl groups is 3. The Hall–Kier alpha value is -7.80. The van der Waals surface area contributed by atoms with Crippen molar-refractivity contribution in [3.63, 3.8) is 0 Å². The summed E-state index contributed by atoms with van der Waals surface area (Å²) < 4.78 is 30.8. The van der Waals surface area contributed by atoms with Crippen LogP contribution in [0, 0.1) is 0 Å². The summed E-state index contributed by atoms with van der Waals surface area (Å²) in [7, 11) is 1.34. The number of benzene rings is 6. The molecule has 4 heterocycles. The summed E-state index contributed by atoms with van der Waals surface area (Å²) in [6.07, 6.45) is -7.85. The number of aliphatic hydroxyl groups excluding tert-OH is 3. The van der Waals surface area contributed by atoms with Gasteiger partial charge in [0.25, 0.3) is 0 Å². The molecule has 4 aliphatic rings. The molecule has 0 aliphatic carbocycles. The van der Waals surface area contributed by atoms with E-state index in [0.717, 1.165) is 42.5 Å². The number of methoxy groups -OCH3 is 1. The molecule has 64 heavy (non-hydrogen) atoms. The van der Waals surface area contributed by atoms with Crippen molar-refractivity contribution in [2.24, 2.45) is 0 Å². The van der Waals surface area contributed by atoms with Gasteiger partial charge in [-0.1, -0.05) is 12.1 Å². The summed E-state index contributed by atoms with van der Waals surface area (Å²) in [6, 6.07) is 15.7. The topological polar surface area (TPSA) is 309 Å². The number of rotatable bonds is 5. The molecular weight excluding hydrogens is 840 g/mol. The SMILES string of the molecule is COc1cc(C2Oc3c(c(O)cc4c3C3c5c(cc(O)c(C6c7c(O)cc(O)cc7OC(c7ccc(O)c(O)c7)C6O)c5O)OC(c5ccc(O)c(O)c5)(O4)C3O)CC2O)ccc1O. The molecule has 0 fully saturated rings. The van der Waals surface area contributed by atoms with Crippen LogP contribution in [0.3, 0.4) is 0 Å². The van der Waals surface area contributed by atoms with E-state index in [1.165, 1.54) is 43.5 Å². The fourth-order valence-electron chi connectivity index (χ4n) is 9.46. The highest BCUT2D eigenvalue weighted by Crippen LogP contribution is 2.65. The normalized spacial score (nSPS) is 24.9. The number of hydrogen-bond donors (Lipinski definition) is 13. The van der Waals surface area contributed by atoms with Crippen molar-refractivity contribution < 1.29 is 90.1 Å². The highest BCUT2D eigenvalue weighted by atomic mass is 16.7. The van der Waals surface area contributed by atoms with Crippen molar-refractivity contribution in [1.29, 1.82) is 0 Å². The lowest BCUT2D eigenvalue weighted by atomic mass is 9.72. The van der Waals surface area contributed by atoms with Crippen molar-refractivity contribution in [1.82, 2.24) is 0 Å². The molecular formula is C46H38O18. The standard InChI is InChI=1S/C46H38O18/c1-60-30-9-17(3-6-23(30)50)42-29(56)13-20-24(51)14-33-37(44(20)62-42)39-36-32(63-46(64-33,45(39)59)18-4-7-22(49)26(53)10-18)15-28(55)35(40(36)57)38-34-27(54)11-19(47)12-31(34)61-43(41(38)58)16-2-5-21(48)25(52)8-16/h2-12,14-15,29,38-39,41-43,45,47-59H,13H2,1H3. The van der Waals surface area contributed by atoms with E-state index in [9.17, 15) is 66.4 Å². The van der Waals surface area contributed by atoms with Gasteiger partial charge in [-0.05, 0) is 53.6 Å². The maximum atomic E-state index is 12.7. The Morgan fingerprint density at radius 1 is 0.531 bits per heavy atom. The molecule has 6 aromatic rings. The lowest BCUT2D eigenvalue weighted by Crippen LogP contribution is -2.57. The molecule has 0 spiro atoms. The van der Waals surface area contributed by atoms with Crippen LogP contribution in [0.25, 0.3) is 0 Å². The number of ether oxygens (including phenoxy) is 5. The quantitative estimate of drug-likeness (QED) is 0.106. The molecule has 13 N–H and O–H groups in total. The van der Waals surface area contributed by atoms with Crippen LogP contribution in [0.4, 0.5) is 0 Å². The zero-order chi connectivity index (χ0) is 45.3. The molecule has 18 heteroatoms. The fraction of sp³-hybridized carbons (Fsp3) is 0.217. The smallest absolute Gasteiger partial charge is 0.305 e. The Balaban J connectivity index is 1.22. The Bertz CT molecular complexity index is 2930. The summed E-state index contributed by atoms with van der Waals surface area (Å²) in [5.41, 5.74) is -0.397. The van der Waals surface area contributed by atoms with E-state index in [1.807, 2.05) is 0 Å². The number of phenolic OH excluding ortho intramolecular Hbond substituents is 10. The lowest BCUT2D eigenvalue weighted by molar-refractivity contribution is -0.219.